The van der Waals surface area contributed by atoms with Crippen LogP contribution in [0.3, 0.4) is 0 Å². The number of alkyl halides is 3. The Kier molecular flexibility index (Phi) is 7.74. The Labute approximate surface area is 258 Å². The first-order valence-electron chi connectivity index (χ1n) is 15.0. The maximum absolute atomic E-state index is 14.4. The van der Waals surface area contributed by atoms with Crippen LogP contribution in [0.15, 0.2) is 36.4 Å². The molecule has 2 aromatic heterocycles. The van der Waals surface area contributed by atoms with Crippen molar-refractivity contribution in [3.8, 4) is 17.0 Å². The molecule has 1 aliphatic heterocycles. The van der Waals surface area contributed by atoms with Gasteiger partial charge in [0.25, 0.3) is 0 Å². The smallest absolute Gasteiger partial charge is 0.436 e. The number of hydrogen-bond acceptors (Lipinski definition) is 5. The van der Waals surface area contributed by atoms with Gasteiger partial charge in [-0.25, -0.2) is 9.59 Å². The number of rotatable bonds is 6. The van der Waals surface area contributed by atoms with Gasteiger partial charge in [-0.2, -0.15) is 18.3 Å². The lowest BCUT2D eigenvalue weighted by Gasteiger charge is -2.24. The largest absolute Gasteiger partial charge is 0.497 e. The second-order valence-corrected chi connectivity index (χ2v) is 11.9. The van der Waals surface area contributed by atoms with Crippen LogP contribution in [0.4, 0.5) is 13.2 Å². The molecule has 4 aromatic rings. The molecule has 1 saturated carbocycles. The van der Waals surface area contributed by atoms with E-state index in [-0.39, 0.29) is 23.7 Å². The van der Waals surface area contributed by atoms with E-state index in [0.717, 1.165) is 61.4 Å². The van der Waals surface area contributed by atoms with Crippen molar-refractivity contribution < 1.29 is 37.3 Å². The zero-order valence-corrected chi connectivity index (χ0v) is 25.5. The van der Waals surface area contributed by atoms with E-state index in [1.54, 1.807) is 39.2 Å². The third-order valence-electron chi connectivity index (χ3n) is 8.90. The number of allylic oxidation sites excluding steroid dienone is 1. The summed E-state index contributed by atoms with van der Waals surface area (Å²) in [6, 6.07) is 10.1. The van der Waals surface area contributed by atoms with Gasteiger partial charge in [0.2, 0.25) is 0 Å². The summed E-state index contributed by atoms with van der Waals surface area (Å²) in [4.78, 5) is 25.2. The highest BCUT2D eigenvalue weighted by Crippen LogP contribution is 2.48. The lowest BCUT2D eigenvalue weighted by Crippen LogP contribution is -2.15. The Morgan fingerprint density at radius 2 is 1.76 bits per heavy atom. The molecule has 0 spiro atoms. The Balaban J connectivity index is 1.73. The zero-order chi connectivity index (χ0) is 32.2. The molecule has 0 bridgehead atoms. The standard InChI is InChI=1S/C34H34F3N3O5/c1-18(2)40-29(28(33(43)45-4)31(38-40)34(35,36)37)22-14-21-15-23(44-3)11-13-24(21)30-27(19-8-6-5-7-9-19)25-12-10-20(32(41)42)16-26(25)39(30)17-22/h10-16,18-19H,5-9,17H2,1-4H3,(H,41,42). The van der Waals surface area contributed by atoms with Gasteiger partial charge < -0.3 is 19.1 Å². The van der Waals surface area contributed by atoms with Crippen LogP contribution in [0.25, 0.3) is 33.8 Å². The van der Waals surface area contributed by atoms with Crippen LogP contribution in [0.5, 0.6) is 5.75 Å². The van der Waals surface area contributed by atoms with E-state index in [9.17, 15) is 27.9 Å². The molecule has 1 N–H and O–H groups in total. The van der Waals surface area contributed by atoms with E-state index in [1.165, 1.54) is 4.68 Å². The monoisotopic (exact) mass is 621 g/mol. The minimum atomic E-state index is -4.92. The molecule has 8 nitrogen and oxygen atoms in total. The van der Waals surface area contributed by atoms with Crippen molar-refractivity contribution in [1.29, 1.82) is 0 Å². The van der Waals surface area contributed by atoms with Crippen LogP contribution >= 0.6 is 0 Å². The van der Waals surface area contributed by atoms with Gasteiger partial charge in [0.15, 0.2) is 5.69 Å². The summed E-state index contributed by atoms with van der Waals surface area (Å²) in [7, 11) is 2.59. The summed E-state index contributed by atoms with van der Waals surface area (Å²) < 4.78 is 56.8. The highest BCUT2D eigenvalue weighted by Gasteiger charge is 2.43. The topological polar surface area (TPSA) is 95.6 Å². The number of halogens is 3. The highest BCUT2D eigenvalue weighted by atomic mass is 19.4. The minimum absolute atomic E-state index is 0.00116. The molecule has 0 amide bonds. The minimum Gasteiger partial charge on any atom is -0.497 e. The Morgan fingerprint density at radius 1 is 1.02 bits per heavy atom. The molecular formula is C34H34F3N3O5. The van der Waals surface area contributed by atoms with Gasteiger partial charge in [-0.15, -0.1) is 0 Å². The summed E-state index contributed by atoms with van der Waals surface area (Å²) in [5, 5.41) is 14.7. The SMILES string of the molecule is COC(=O)c1c(C(F)(F)F)nn(C(C)C)c1C1=Cc2cc(OC)ccc2-c2c(C3CCCCC3)c3ccc(C(=O)O)cc3n2C1. The van der Waals surface area contributed by atoms with Crippen LogP contribution < -0.4 is 4.74 Å². The van der Waals surface area contributed by atoms with Crippen molar-refractivity contribution in [3.05, 3.63) is 70.0 Å². The zero-order valence-electron chi connectivity index (χ0n) is 25.5. The van der Waals surface area contributed by atoms with Gasteiger partial charge in [0.1, 0.15) is 11.3 Å². The van der Waals surface area contributed by atoms with E-state index in [1.807, 2.05) is 28.8 Å². The first kappa shape index (κ1) is 30.5. The number of aromatic nitrogens is 3. The van der Waals surface area contributed by atoms with Crippen LogP contribution in [0.2, 0.25) is 0 Å². The fourth-order valence-corrected chi connectivity index (χ4v) is 6.93. The average molecular weight is 622 g/mol. The molecular weight excluding hydrogens is 587 g/mol. The molecule has 1 aliphatic carbocycles. The second-order valence-electron chi connectivity index (χ2n) is 11.9. The molecule has 0 unspecified atom stereocenters. The van der Waals surface area contributed by atoms with Crippen molar-refractivity contribution >= 4 is 34.5 Å². The molecule has 45 heavy (non-hydrogen) atoms. The van der Waals surface area contributed by atoms with Crippen LogP contribution in [0.1, 0.15) is 101 Å². The second kappa shape index (κ2) is 11.4. The normalized spacial score (nSPS) is 15.4. The number of fused-ring (bicyclic) bond motifs is 5. The summed E-state index contributed by atoms with van der Waals surface area (Å²) in [6.45, 7) is 3.45. The summed E-state index contributed by atoms with van der Waals surface area (Å²) in [5.74, 6) is -1.45. The van der Waals surface area contributed by atoms with E-state index in [2.05, 4.69) is 5.10 Å². The predicted octanol–water partition coefficient (Wildman–Crippen LogP) is 8.20. The maximum atomic E-state index is 14.4. The average Bonchev–Trinajstić information content (AvgIpc) is 3.53. The van der Waals surface area contributed by atoms with E-state index in [0.29, 0.717) is 22.4 Å². The lowest BCUT2D eigenvalue weighted by atomic mass is 9.81. The molecule has 3 heterocycles. The van der Waals surface area contributed by atoms with Crippen LogP contribution in [-0.2, 0) is 17.5 Å². The first-order valence-corrected chi connectivity index (χ1v) is 15.0. The van der Waals surface area contributed by atoms with Crippen molar-refractivity contribution in [2.75, 3.05) is 14.2 Å². The number of aromatic carboxylic acids is 1. The summed E-state index contributed by atoms with van der Waals surface area (Å²) in [5.41, 5.74) is 2.70. The summed E-state index contributed by atoms with van der Waals surface area (Å²) >= 11 is 0. The van der Waals surface area contributed by atoms with Crippen molar-refractivity contribution in [2.24, 2.45) is 0 Å². The van der Waals surface area contributed by atoms with Gasteiger partial charge in [-0.05, 0) is 85.7 Å². The van der Waals surface area contributed by atoms with E-state index in [4.69, 9.17) is 9.47 Å². The highest BCUT2D eigenvalue weighted by molar-refractivity contribution is 6.03. The number of carbonyl (C=O) groups is 2. The molecule has 0 radical (unpaired) electrons. The molecule has 2 aliphatic rings. The fourth-order valence-electron chi connectivity index (χ4n) is 6.93. The van der Waals surface area contributed by atoms with Crippen molar-refractivity contribution in [2.45, 2.75) is 70.6 Å². The number of esters is 1. The Morgan fingerprint density at radius 3 is 2.38 bits per heavy atom. The van der Waals surface area contributed by atoms with Gasteiger partial charge in [-0.1, -0.05) is 25.3 Å². The number of carbonyl (C=O) groups excluding carboxylic acids is 1. The number of nitrogens with zero attached hydrogens (tertiary/aromatic N) is 3. The molecule has 11 heteroatoms. The van der Waals surface area contributed by atoms with Gasteiger partial charge in [0, 0.05) is 22.5 Å². The van der Waals surface area contributed by atoms with Crippen LogP contribution in [0, 0.1) is 0 Å². The number of carboxylic acids is 1. The fraction of sp³-hybridized carbons (Fsp3) is 0.382. The van der Waals surface area contributed by atoms with E-state index >= 15 is 0 Å². The molecule has 236 valence electrons. The van der Waals surface area contributed by atoms with Crippen molar-refractivity contribution in [1.82, 2.24) is 14.3 Å². The predicted molar refractivity (Wildman–Crippen MR) is 164 cm³/mol. The van der Waals surface area contributed by atoms with E-state index < -0.39 is 35.4 Å². The quantitative estimate of drug-likeness (QED) is 0.218. The summed E-state index contributed by atoms with van der Waals surface area (Å²) in [6.07, 6.45) is 2.09. The van der Waals surface area contributed by atoms with Gasteiger partial charge >= 0.3 is 18.1 Å². The van der Waals surface area contributed by atoms with Gasteiger partial charge in [0.05, 0.1) is 37.7 Å². The molecule has 0 atom stereocenters. The van der Waals surface area contributed by atoms with Crippen LogP contribution in [-0.4, -0.2) is 45.6 Å². The third kappa shape index (κ3) is 5.17. The lowest BCUT2D eigenvalue weighted by molar-refractivity contribution is -0.142. The number of methoxy groups -OCH3 is 2. The molecule has 0 saturated heterocycles. The maximum Gasteiger partial charge on any atom is 0.436 e. The number of carboxylic acid groups (broad SMARTS) is 1. The molecule has 2 aromatic carbocycles. The molecule has 1 fully saturated rings. The van der Waals surface area contributed by atoms with Crippen molar-refractivity contribution in [3.63, 3.8) is 0 Å². The Bertz CT molecular complexity index is 1860. The third-order valence-corrected chi connectivity index (χ3v) is 8.90. The molecule has 6 rings (SSSR count). The Hall–Kier alpha value is -4.54. The number of benzene rings is 2. The first-order chi connectivity index (χ1) is 21.4. The number of hydrogen-bond donors (Lipinski definition) is 1. The van der Waals surface area contributed by atoms with Gasteiger partial charge in [-0.3, -0.25) is 4.68 Å². The number of ether oxygens (including phenoxy) is 2.